The molecule has 1 aromatic carbocycles. The standard InChI is InChI=1S/C21H22N4O7S/c1-20(19(27)24-28,33(2,29)30)18(32-14-26)11-25-10-16-9-15(6-7-17(16)23-25)5-3-4-8-21(22)12-31-13-21/h6-7,9-10,14,18,28H,11-13,22H2,1-2H3,(H,24,27)/t18?,20-/m1/s1. The summed E-state index contributed by atoms with van der Waals surface area (Å²) >= 11 is 0. The first-order valence-corrected chi connectivity index (χ1v) is 11.5. The van der Waals surface area contributed by atoms with Gasteiger partial charge in [-0.1, -0.05) is 11.8 Å². The molecule has 0 spiro atoms. The number of sulfone groups is 1. The van der Waals surface area contributed by atoms with Gasteiger partial charge in [0.1, 0.15) is 11.6 Å². The summed E-state index contributed by atoms with van der Waals surface area (Å²) in [6.45, 7) is 1.58. The number of rotatable bonds is 7. The molecule has 0 bridgehead atoms. The van der Waals surface area contributed by atoms with E-state index in [-0.39, 0.29) is 13.0 Å². The molecule has 0 saturated carbocycles. The van der Waals surface area contributed by atoms with Gasteiger partial charge in [0.05, 0.1) is 25.3 Å². The zero-order chi connectivity index (χ0) is 24.3. The molecule has 1 fully saturated rings. The molecular formula is C21H22N4O7S. The minimum Gasteiger partial charge on any atom is -0.460 e. The van der Waals surface area contributed by atoms with Crippen LogP contribution in [0.1, 0.15) is 12.5 Å². The first kappa shape index (κ1) is 24.2. The zero-order valence-corrected chi connectivity index (χ0v) is 18.7. The number of hydrogen-bond donors (Lipinski definition) is 3. The molecule has 1 aliphatic rings. The molecule has 4 N–H and O–H groups in total. The normalized spacial score (nSPS) is 17.2. The Morgan fingerprint density at radius 3 is 2.79 bits per heavy atom. The lowest BCUT2D eigenvalue weighted by Crippen LogP contribution is -2.59. The van der Waals surface area contributed by atoms with Gasteiger partial charge in [-0.3, -0.25) is 19.5 Å². The lowest BCUT2D eigenvalue weighted by Gasteiger charge is -2.32. The predicted octanol–water partition coefficient (Wildman–Crippen LogP) is -1.03. The van der Waals surface area contributed by atoms with E-state index in [1.807, 2.05) is 0 Å². The van der Waals surface area contributed by atoms with E-state index in [0.717, 1.165) is 13.2 Å². The molecule has 0 aliphatic carbocycles. The molecule has 11 nitrogen and oxygen atoms in total. The Kier molecular flexibility index (Phi) is 6.76. The van der Waals surface area contributed by atoms with Crippen molar-refractivity contribution < 1.29 is 32.7 Å². The minimum absolute atomic E-state index is 0.0396. The van der Waals surface area contributed by atoms with E-state index < -0.39 is 32.1 Å². The van der Waals surface area contributed by atoms with Gasteiger partial charge in [-0.25, -0.2) is 13.9 Å². The smallest absolute Gasteiger partial charge is 0.293 e. The topological polar surface area (TPSA) is 163 Å². The summed E-state index contributed by atoms with van der Waals surface area (Å²) < 4.78 is 33.7. The van der Waals surface area contributed by atoms with Gasteiger partial charge in [-0.2, -0.15) is 5.10 Å². The molecule has 1 saturated heterocycles. The fraction of sp³-hybridized carbons (Fsp3) is 0.381. The van der Waals surface area contributed by atoms with E-state index in [1.165, 1.54) is 10.2 Å². The Balaban J connectivity index is 1.87. The number of carbonyl (C=O) groups excluding carboxylic acids is 2. The summed E-state index contributed by atoms with van der Waals surface area (Å²) in [5.41, 5.74) is 7.83. The Bertz CT molecular complexity index is 1310. The molecule has 174 valence electrons. The Labute approximate surface area is 190 Å². The van der Waals surface area contributed by atoms with Crippen molar-refractivity contribution in [1.29, 1.82) is 0 Å². The third kappa shape index (κ3) is 4.99. The van der Waals surface area contributed by atoms with Crippen LogP contribution in [-0.2, 0) is 35.4 Å². The molecule has 33 heavy (non-hydrogen) atoms. The maximum atomic E-state index is 12.3. The summed E-state index contributed by atoms with van der Waals surface area (Å²) in [6.07, 6.45) is 0.925. The average molecular weight is 474 g/mol. The van der Waals surface area contributed by atoms with Crippen molar-refractivity contribution >= 4 is 33.1 Å². The van der Waals surface area contributed by atoms with Gasteiger partial charge in [-0.15, -0.1) is 0 Å². The summed E-state index contributed by atoms with van der Waals surface area (Å²) in [5, 5.41) is 14.1. The van der Waals surface area contributed by atoms with E-state index in [2.05, 4.69) is 28.8 Å². The number of nitrogens with zero attached hydrogens (tertiary/aromatic N) is 2. The molecule has 12 heteroatoms. The van der Waals surface area contributed by atoms with Crippen molar-refractivity contribution in [3.63, 3.8) is 0 Å². The fourth-order valence-corrected chi connectivity index (χ4v) is 4.14. The summed E-state index contributed by atoms with van der Waals surface area (Å²) in [7, 11) is -4.12. The van der Waals surface area contributed by atoms with Crippen molar-refractivity contribution in [3.8, 4) is 23.7 Å². The summed E-state index contributed by atoms with van der Waals surface area (Å²) in [6, 6.07) is 5.20. The van der Waals surface area contributed by atoms with Crippen LogP contribution in [0.4, 0.5) is 0 Å². The van der Waals surface area contributed by atoms with Crippen molar-refractivity contribution in [1.82, 2.24) is 15.3 Å². The highest BCUT2D eigenvalue weighted by Crippen LogP contribution is 2.26. The van der Waals surface area contributed by atoms with Gasteiger partial charge in [0.15, 0.2) is 14.6 Å². The van der Waals surface area contributed by atoms with E-state index in [9.17, 15) is 18.0 Å². The molecule has 3 rings (SSSR count). The van der Waals surface area contributed by atoms with Crippen LogP contribution < -0.4 is 11.2 Å². The Morgan fingerprint density at radius 2 is 2.21 bits per heavy atom. The monoisotopic (exact) mass is 474 g/mol. The van der Waals surface area contributed by atoms with Gasteiger partial charge in [0.2, 0.25) is 0 Å². The fourth-order valence-electron chi connectivity index (χ4n) is 3.15. The van der Waals surface area contributed by atoms with Crippen molar-refractivity contribution in [2.24, 2.45) is 5.73 Å². The maximum Gasteiger partial charge on any atom is 0.293 e. The van der Waals surface area contributed by atoms with Gasteiger partial charge >= 0.3 is 0 Å². The van der Waals surface area contributed by atoms with E-state index in [4.69, 9.17) is 20.4 Å². The molecule has 1 aliphatic heterocycles. The second kappa shape index (κ2) is 9.21. The quantitative estimate of drug-likeness (QED) is 0.197. The average Bonchev–Trinajstić information content (AvgIpc) is 3.14. The number of fused-ring (bicyclic) bond motifs is 1. The van der Waals surface area contributed by atoms with Crippen LogP contribution in [-0.4, -0.2) is 71.6 Å². The number of nitrogens with two attached hydrogens (primary N) is 1. The molecular weight excluding hydrogens is 452 g/mol. The number of hydroxylamine groups is 1. The zero-order valence-electron chi connectivity index (χ0n) is 17.9. The highest BCUT2D eigenvalue weighted by atomic mass is 32.2. The number of benzene rings is 1. The maximum absolute atomic E-state index is 12.3. The van der Waals surface area contributed by atoms with Crippen LogP contribution in [0.3, 0.4) is 0 Å². The Hall–Kier alpha value is -3.42. The van der Waals surface area contributed by atoms with Crippen molar-refractivity contribution in [2.45, 2.75) is 29.9 Å². The number of aromatic nitrogens is 2. The lowest BCUT2D eigenvalue weighted by atomic mass is 10.0. The minimum atomic E-state index is -4.12. The third-order valence-corrected chi connectivity index (χ3v) is 7.35. The van der Waals surface area contributed by atoms with Gasteiger partial charge in [-0.05, 0) is 37.0 Å². The summed E-state index contributed by atoms with van der Waals surface area (Å²) in [4.78, 5) is 23.2. The van der Waals surface area contributed by atoms with Crippen LogP contribution in [0.15, 0.2) is 24.4 Å². The molecule has 2 atom stereocenters. The second-order valence-electron chi connectivity index (χ2n) is 7.81. The van der Waals surface area contributed by atoms with Crippen molar-refractivity contribution in [2.75, 3.05) is 19.5 Å². The highest BCUT2D eigenvalue weighted by Gasteiger charge is 2.52. The SMILES string of the molecule is C[C@](C(=O)NO)(C(Cn1cc2cc(C#CC#CC3(N)COC3)ccc2n1)OC=O)S(C)(=O)=O. The van der Waals surface area contributed by atoms with Crippen molar-refractivity contribution in [3.05, 3.63) is 30.0 Å². The van der Waals surface area contributed by atoms with Crippen LogP contribution in [0.25, 0.3) is 10.9 Å². The van der Waals surface area contributed by atoms with Crippen LogP contribution in [0.2, 0.25) is 0 Å². The van der Waals surface area contributed by atoms with Gasteiger partial charge in [0, 0.05) is 23.4 Å². The largest absolute Gasteiger partial charge is 0.460 e. The molecule has 0 radical (unpaired) electrons. The first-order valence-electron chi connectivity index (χ1n) is 9.63. The lowest BCUT2D eigenvalue weighted by molar-refractivity contribution is -0.143. The molecule has 1 aromatic heterocycles. The highest BCUT2D eigenvalue weighted by molar-refractivity contribution is 7.92. The first-order chi connectivity index (χ1) is 15.5. The van der Waals surface area contributed by atoms with Crippen LogP contribution >= 0.6 is 0 Å². The van der Waals surface area contributed by atoms with E-state index in [1.54, 1.807) is 24.4 Å². The number of ether oxygens (including phenoxy) is 2. The number of carbonyl (C=O) groups is 2. The molecule has 2 aromatic rings. The van der Waals surface area contributed by atoms with Gasteiger partial charge in [0.25, 0.3) is 12.4 Å². The second-order valence-corrected chi connectivity index (χ2v) is 10.2. The number of amides is 1. The Morgan fingerprint density at radius 1 is 1.48 bits per heavy atom. The predicted molar refractivity (Wildman–Crippen MR) is 116 cm³/mol. The van der Waals surface area contributed by atoms with E-state index >= 15 is 0 Å². The third-order valence-electron chi connectivity index (χ3n) is 5.36. The van der Waals surface area contributed by atoms with Crippen LogP contribution in [0.5, 0.6) is 0 Å². The summed E-state index contributed by atoms with van der Waals surface area (Å²) in [5.74, 6) is 9.97. The molecule has 1 unspecified atom stereocenters. The van der Waals surface area contributed by atoms with Crippen LogP contribution in [0, 0.1) is 23.7 Å². The number of nitrogens with one attached hydrogen (secondary N) is 1. The van der Waals surface area contributed by atoms with E-state index in [0.29, 0.717) is 29.7 Å². The molecule has 2 heterocycles. The van der Waals surface area contributed by atoms with Gasteiger partial charge < -0.3 is 15.2 Å². The molecule has 1 amide bonds. The number of hydrogen-bond acceptors (Lipinski definition) is 9.